The molecule has 2 aromatic heterocycles. The van der Waals surface area contributed by atoms with Crippen molar-refractivity contribution in [2.75, 3.05) is 37.8 Å². The monoisotopic (exact) mass is 660 g/mol. The third-order valence-corrected chi connectivity index (χ3v) is 10.2. The average molecular weight is 661 g/mol. The molecule has 228 valence electrons. The minimum absolute atomic E-state index is 0.00631. The van der Waals surface area contributed by atoms with E-state index in [-0.39, 0.29) is 23.8 Å². The van der Waals surface area contributed by atoms with Crippen molar-refractivity contribution in [3.05, 3.63) is 57.0 Å². The van der Waals surface area contributed by atoms with Crippen LogP contribution in [0.2, 0.25) is 5.02 Å². The molecule has 0 radical (unpaired) electrons. The molecule has 2 aromatic carbocycles. The Labute approximate surface area is 269 Å². The van der Waals surface area contributed by atoms with E-state index >= 15 is 0 Å². The fourth-order valence-electron chi connectivity index (χ4n) is 4.83. The smallest absolute Gasteiger partial charge is 0.180 e. The summed E-state index contributed by atoms with van der Waals surface area (Å²) in [5.74, 6) is 2.03. The van der Waals surface area contributed by atoms with Gasteiger partial charge in [-0.3, -0.25) is 4.79 Å². The number of unbranched alkanes of at least 4 members (excludes halogenated alkanes) is 1. The number of anilines is 2. The van der Waals surface area contributed by atoms with Crippen LogP contribution in [-0.2, 0) is 17.8 Å². The van der Waals surface area contributed by atoms with Crippen LogP contribution in [0.3, 0.4) is 0 Å². The molecule has 1 N–H and O–H groups in total. The lowest BCUT2D eigenvalue weighted by atomic mass is 9.98. The van der Waals surface area contributed by atoms with E-state index in [2.05, 4.69) is 39.3 Å². The van der Waals surface area contributed by atoms with E-state index in [1.54, 1.807) is 22.5 Å². The topological polar surface area (TPSA) is 85.2 Å². The van der Waals surface area contributed by atoms with E-state index in [0.717, 1.165) is 54.4 Å². The number of thioether (sulfide) groups is 1. The van der Waals surface area contributed by atoms with E-state index in [1.165, 1.54) is 29.8 Å². The predicted molar refractivity (Wildman–Crippen MR) is 175 cm³/mol. The van der Waals surface area contributed by atoms with Gasteiger partial charge < -0.3 is 15.0 Å². The van der Waals surface area contributed by atoms with Crippen molar-refractivity contribution in [3.8, 4) is 5.75 Å². The first-order valence-electron chi connectivity index (χ1n) is 14.3. The highest BCUT2D eigenvalue weighted by atomic mass is 35.5. The van der Waals surface area contributed by atoms with Crippen LogP contribution < -0.4 is 10.1 Å². The van der Waals surface area contributed by atoms with E-state index in [4.69, 9.17) is 28.6 Å². The SMILES string of the molecule is CCCCSc1nn(CC(=O)Cc2cc3c(Nc4ccc(F)c(Cl)c4)ncnc3cc2OCC2CCN(C)CC2)c(=S)s1. The number of halogens is 2. The first kappa shape index (κ1) is 31.8. The molecule has 8 nitrogen and oxygen atoms in total. The molecule has 13 heteroatoms. The van der Waals surface area contributed by atoms with Crippen molar-refractivity contribution in [3.63, 3.8) is 0 Å². The highest BCUT2D eigenvalue weighted by Gasteiger charge is 2.20. The zero-order valence-electron chi connectivity index (χ0n) is 24.1. The zero-order valence-corrected chi connectivity index (χ0v) is 27.4. The summed E-state index contributed by atoms with van der Waals surface area (Å²) in [4.78, 5) is 24.6. The van der Waals surface area contributed by atoms with Gasteiger partial charge in [0.2, 0.25) is 0 Å². The molecule has 1 aliphatic rings. The maximum atomic E-state index is 13.7. The normalized spacial score (nSPS) is 14.3. The van der Waals surface area contributed by atoms with Gasteiger partial charge >= 0.3 is 0 Å². The van der Waals surface area contributed by atoms with Crippen LogP contribution in [0.5, 0.6) is 5.75 Å². The Morgan fingerprint density at radius 1 is 1.26 bits per heavy atom. The Bertz CT molecular complexity index is 1640. The number of ether oxygens (including phenoxy) is 1. The van der Waals surface area contributed by atoms with Crippen LogP contribution in [0.25, 0.3) is 10.9 Å². The van der Waals surface area contributed by atoms with Crippen LogP contribution in [0.15, 0.2) is 41.0 Å². The molecular weight excluding hydrogens is 627 g/mol. The van der Waals surface area contributed by atoms with E-state index in [9.17, 15) is 9.18 Å². The number of nitrogens with zero attached hydrogens (tertiary/aromatic N) is 5. The van der Waals surface area contributed by atoms with Crippen LogP contribution in [0.1, 0.15) is 38.2 Å². The third-order valence-electron chi connectivity index (χ3n) is 7.34. The van der Waals surface area contributed by atoms with Gasteiger partial charge in [-0.05, 0) is 81.8 Å². The molecule has 1 aliphatic heterocycles. The van der Waals surface area contributed by atoms with E-state index < -0.39 is 5.82 Å². The minimum atomic E-state index is -0.501. The number of fused-ring (bicyclic) bond motifs is 1. The molecule has 0 unspecified atom stereocenters. The standard InChI is InChI=1S/C30H34ClFN6O2S3/c1-3-4-11-42-29-36-38(30(41)43-29)16-22(39)12-20-13-23-26(15-27(20)40-17-19-7-9-37(2)10-8-19)33-18-34-28(23)35-21-5-6-25(32)24(31)14-21/h5-6,13-15,18-19H,3-4,7-12,16-17H2,1-2H3,(H,33,34,35). The second kappa shape index (κ2) is 14.9. The Hall–Kier alpha value is -2.64. The molecule has 4 aromatic rings. The van der Waals surface area contributed by atoms with Crippen molar-refractivity contribution in [2.45, 2.75) is 49.9 Å². The summed E-state index contributed by atoms with van der Waals surface area (Å²) in [6, 6.07) is 8.15. The Morgan fingerprint density at radius 2 is 2.07 bits per heavy atom. The summed E-state index contributed by atoms with van der Waals surface area (Å²) in [5.41, 5.74) is 1.98. The molecule has 43 heavy (non-hydrogen) atoms. The molecule has 1 saturated heterocycles. The molecule has 0 aliphatic carbocycles. The summed E-state index contributed by atoms with van der Waals surface area (Å²) in [6.45, 7) is 4.89. The number of Topliss-reactive ketones (excluding diaryl/α,β-unsaturated/α-hetero) is 1. The molecular formula is C30H34ClFN6O2S3. The van der Waals surface area contributed by atoms with Crippen LogP contribution in [0, 0.1) is 15.7 Å². The van der Waals surface area contributed by atoms with E-state index in [1.807, 2.05) is 12.1 Å². The fourth-order valence-corrected chi connectivity index (χ4v) is 7.50. The largest absolute Gasteiger partial charge is 0.493 e. The number of ketones is 1. The quantitative estimate of drug-likeness (QED) is 0.0886. The number of piperidine rings is 1. The molecule has 0 saturated carbocycles. The summed E-state index contributed by atoms with van der Waals surface area (Å²) < 4.78 is 23.2. The van der Waals surface area contributed by atoms with Crippen molar-refractivity contribution in [1.82, 2.24) is 24.6 Å². The van der Waals surface area contributed by atoms with Gasteiger partial charge in [0, 0.05) is 34.9 Å². The predicted octanol–water partition coefficient (Wildman–Crippen LogP) is 7.58. The number of hydrogen-bond donors (Lipinski definition) is 1. The van der Waals surface area contributed by atoms with Gasteiger partial charge in [-0.1, -0.05) is 48.0 Å². The summed E-state index contributed by atoms with van der Waals surface area (Å²) >= 11 is 14.6. The lowest BCUT2D eigenvalue weighted by Crippen LogP contribution is -2.32. The fraction of sp³-hybridized carbons (Fsp3) is 0.433. The molecule has 0 bridgehead atoms. The van der Waals surface area contributed by atoms with Gasteiger partial charge in [-0.15, -0.1) is 0 Å². The number of carbonyl (C=O) groups excluding carboxylic acids is 1. The van der Waals surface area contributed by atoms with Gasteiger partial charge in [-0.25, -0.2) is 19.0 Å². The number of benzene rings is 2. The second-order valence-corrected chi connectivity index (χ2v) is 14.1. The molecule has 3 heterocycles. The summed E-state index contributed by atoms with van der Waals surface area (Å²) in [5, 5.41) is 8.51. The molecule has 1 fully saturated rings. The van der Waals surface area contributed by atoms with Gasteiger partial charge in [0.15, 0.2) is 14.1 Å². The highest BCUT2D eigenvalue weighted by molar-refractivity contribution is 8.01. The average Bonchev–Trinajstić information content (AvgIpc) is 3.33. The number of likely N-dealkylation sites (tertiary alicyclic amines) is 1. The lowest BCUT2D eigenvalue weighted by Gasteiger charge is -2.29. The van der Waals surface area contributed by atoms with E-state index in [0.29, 0.717) is 44.6 Å². The van der Waals surface area contributed by atoms with Gasteiger partial charge in [0.25, 0.3) is 0 Å². The number of hydrogen-bond acceptors (Lipinski definition) is 10. The molecule has 0 atom stereocenters. The van der Waals surface area contributed by atoms with Gasteiger partial charge in [-0.2, -0.15) is 5.10 Å². The number of carbonyl (C=O) groups is 1. The number of nitrogens with one attached hydrogen (secondary N) is 1. The van der Waals surface area contributed by atoms with Crippen molar-refractivity contribution >= 4 is 75.1 Å². The summed E-state index contributed by atoms with van der Waals surface area (Å²) in [7, 11) is 2.14. The van der Waals surface area contributed by atoms with Crippen LogP contribution >= 0.6 is 46.9 Å². The van der Waals surface area contributed by atoms with Crippen LogP contribution in [-0.4, -0.2) is 62.9 Å². The van der Waals surface area contributed by atoms with Crippen molar-refractivity contribution in [1.29, 1.82) is 0 Å². The number of rotatable bonds is 13. The first-order chi connectivity index (χ1) is 20.8. The van der Waals surface area contributed by atoms with Gasteiger partial charge in [0.1, 0.15) is 30.3 Å². The van der Waals surface area contributed by atoms with Gasteiger partial charge in [0.05, 0.1) is 17.1 Å². The lowest BCUT2D eigenvalue weighted by molar-refractivity contribution is -0.119. The maximum absolute atomic E-state index is 13.7. The van der Waals surface area contributed by atoms with Crippen molar-refractivity contribution < 1.29 is 13.9 Å². The Balaban J connectivity index is 1.40. The first-order valence-corrected chi connectivity index (χ1v) is 16.9. The highest BCUT2D eigenvalue weighted by Crippen LogP contribution is 2.32. The van der Waals surface area contributed by atoms with Crippen LogP contribution in [0.4, 0.5) is 15.9 Å². The Morgan fingerprint density at radius 3 is 2.84 bits per heavy atom. The Kier molecular flexibility index (Phi) is 11.0. The second-order valence-electron chi connectivity index (χ2n) is 10.7. The van der Waals surface area contributed by atoms with Crippen molar-refractivity contribution in [2.24, 2.45) is 5.92 Å². The number of aromatic nitrogens is 4. The molecule has 0 amide bonds. The zero-order chi connectivity index (χ0) is 30.3. The molecule has 5 rings (SSSR count). The minimum Gasteiger partial charge on any atom is -0.493 e. The summed E-state index contributed by atoms with van der Waals surface area (Å²) in [6.07, 6.45) is 5.94. The molecule has 0 spiro atoms. The third kappa shape index (κ3) is 8.51. The maximum Gasteiger partial charge on any atom is 0.180 e.